The molecule has 9 heavy (non-hydrogen) atoms. The molecule has 0 aromatic carbocycles. The zero-order valence-corrected chi connectivity index (χ0v) is 5.42. The molecule has 0 atom stereocenters. The van der Waals surface area contributed by atoms with Gasteiger partial charge in [-0.05, 0) is 0 Å². The molecule has 0 spiro atoms. The predicted octanol–water partition coefficient (Wildman–Crippen LogP) is -0.790. The van der Waals surface area contributed by atoms with E-state index in [0.717, 1.165) is 13.1 Å². The Labute approximate surface area is 54.1 Å². The molecule has 0 unspecified atom stereocenters. The normalized spacial score (nSPS) is 19.4. The molecule has 1 rings (SSSR count). The average molecular weight is 129 g/mol. The lowest BCUT2D eigenvalue weighted by Crippen LogP contribution is -2.56. The van der Waals surface area contributed by atoms with Gasteiger partial charge in [-0.1, -0.05) is 0 Å². The first-order valence-electron chi connectivity index (χ1n) is 2.86. The van der Waals surface area contributed by atoms with Crippen LogP contribution in [0.4, 0.5) is 0 Å². The smallest absolute Gasteiger partial charge is 0.188 e. The van der Waals surface area contributed by atoms with E-state index in [1.165, 1.54) is 0 Å². The number of ether oxygens (including phenoxy) is 1. The number of nitrogens with one attached hydrogen (secondary N) is 1. The van der Waals surface area contributed by atoms with Crippen molar-refractivity contribution in [2.45, 2.75) is 6.10 Å². The van der Waals surface area contributed by atoms with Gasteiger partial charge in [-0.2, -0.15) is 0 Å². The fourth-order valence-corrected chi connectivity index (χ4v) is 0.784. The lowest BCUT2D eigenvalue weighted by molar-refractivity contribution is 0.00485. The van der Waals surface area contributed by atoms with E-state index in [9.17, 15) is 0 Å². The highest BCUT2D eigenvalue weighted by Gasteiger charge is 2.26. The largest absolute Gasteiger partial charge is 0.378 e. The van der Waals surface area contributed by atoms with Gasteiger partial charge >= 0.3 is 0 Å². The Morgan fingerprint density at radius 3 is 2.67 bits per heavy atom. The Bertz CT molecular complexity index is 119. The Hall–Kier alpha value is -0.770. The van der Waals surface area contributed by atoms with Gasteiger partial charge in [0.2, 0.25) is 0 Å². The summed E-state index contributed by atoms with van der Waals surface area (Å²) in [4.78, 5) is 1.76. The summed E-state index contributed by atoms with van der Waals surface area (Å²) in [6.45, 7) is 1.54. The van der Waals surface area contributed by atoms with Gasteiger partial charge in [-0.25, -0.2) is 0 Å². The van der Waals surface area contributed by atoms with Gasteiger partial charge < -0.3 is 15.4 Å². The quantitative estimate of drug-likeness (QED) is 0.360. The Morgan fingerprint density at radius 2 is 2.33 bits per heavy atom. The van der Waals surface area contributed by atoms with Crippen LogP contribution in [0.15, 0.2) is 0 Å². The SMILES string of the molecule is COC1CN(C(=N)N)C1. The van der Waals surface area contributed by atoms with Crippen LogP contribution in [0, 0.1) is 5.41 Å². The van der Waals surface area contributed by atoms with Crippen LogP contribution in [0.25, 0.3) is 0 Å². The van der Waals surface area contributed by atoms with Crippen molar-refractivity contribution in [1.82, 2.24) is 4.90 Å². The van der Waals surface area contributed by atoms with Gasteiger partial charge in [0.15, 0.2) is 5.96 Å². The lowest BCUT2D eigenvalue weighted by Gasteiger charge is -2.38. The second-order valence-electron chi connectivity index (χ2n) is 2.15. The third kappa shape index (κ3) is 1.13. The molecule has 52 valence electrons. The van der Waals surface area contributed by atoms with Crippen LogP contribution in [-0.4, -0.2) is 37.2 Å². The third-order valence-electron chi connectivity index (χ3n) is 1.52. The number of methoxy groups -OCH3 is 1. The number of hydrogen-bond acceptors (Lipinski definition) is 2. The van der Waals surface area contributed by atoms with Crippen LogP contribution in [0.1, 0.15) is 0 Å². The molecular weight excluding hydrogens is 118 g/mol. The first-order valence-corrected chi connectivity index (χ1v) is 2.86. The monoisotopic (exact) mass is 129 g/mol. The van der Waals surface area contributed by atoms with E-state index >= 15 is 0 Å². The second-order valence-corrected chi connectivity index (χ2v) is 2.15. The molecule has 0 aromatic rings. The minimum absolute atomic E-state index is 0.142. The number of likely N-dealkylation sites (tertiary alicyclic amines) is 1. The molecule has 0 aromatic heterocycles. The van der Waals surface area contributed by atoms with Crippen molar-refractivity contribution in [2.75, 3.05) is 20.2 Å². The van der Waals surface area contributed by atoms with E-state index in [-0.39, 0.29) is 12.1 Å². The van der Waals surface area contributed by atoms with E-state index < -0.39 is 0 Å². The first kappa shape index (κ1) is 6.35. The summed E-state index contributed by atoms with van der Waals surface area (Å²) in [5.41, 5.74) is 5.17. The third-order valence-corrected chi connectivity index (χ3v) is 1.52. The van der Waals surface area contributed by atoms with Crippen molar-refractivity contribution in [3.8, 4) is 0 Å². The maximum absolute atomic E-state index is 6.96. The number of guanidine groups is 1. The van der Waals surface area contributed by atoms with E-state index in [2.05, 4.69) is 0 Å². The molecule has 1 aliphatic rings. The van der Waals surface area contributed by atoms with Crippen LogP contribution < -0.4 is 5.73 Å². The molecule has 1 aliphatic heterocycles. The zero-order chi connectivity index (χ0) is 6.85. The lowest BCUT2D eigenvalue weighted by atomic mass is 10.2. The molecule has 3 N–H and O–H groups in total. The highest BCUT2D eigenvalue weighted by Crippen LogP contribution is 2.08. The van der Waals surface area contributed by atoms with Crippen LogP contribution in [-0.2, 0) is 4.74 Å². The number of nitrogens with two attached hydrogens (primary N) is 1. The van der Waals surface area contributed by atoms with Crippen LogP contribution in [0.5, 0.6) is 0 Å². The molecule has 1 heterocycles. The molecule has 0 amide bonds. The van der Waals surface area contributed by atoms with E-state index in [4.69, 9.17) is 15.9 Å². The molecule has 1 fully saturated rings. The van der Waals surface area contributed by atoms with Gasteiger partial charge in [0, 0.05) is 20.2 Å². The summed E-state index contributed by atoms with van der Waals surface area (Å²) in [6, 6.07) is 0. The van der Waals surface area contributed by atoms with E-state index in [1.807, 2.05) is 0 Å². The minimum Gasteiger partial charge on any atom is -0.378 e. The predicted molar refractivity (Wildman–Crippen MR) is 34.3 cm³/mol. The summed E-state index contributed by atoms with van der Waals surface area (Å²) in [7, 11) is 1.67. The standard InChI is InChI=1S/C5H11N3O/c1-9-4-2-8(3-4)5(6)7/h4H,2-3H2,1H3,(H3,6,7). The number of hydrogen-bond donors (Lipinski definition) is 2. The molecule has 0 radical (unpaired) electrons. The second kappa shape index (κ2) is 2.23. The summed E-state index contributed by atoms with van der Waals surface area (Å²) >= 11 is 0. The van der Waals surface area contributed by atoms with Crippen molar-refractivity contribution in [3.05, 3.63) is 0 Å². The summed E-state index contributed by atoms with van der Waals surface area (Å²) in [6.07, 6.45) is 0.286. The topological polar surface area (TPSA) is 62.3 Å². The Morgan fingerprint density at radius 1 is 1.78 bits per heavy atom. The van der Waals surface area contributed by atoms with Crippen molar-refractivity contribution in [1.29, 1.82) is 5.41 Å². The highest BCUT2D eigenvalue weighted by molar-refractivity contribution is 5.75. The molecule has 0 bridgehead atoms. The zero-order valence-electron chi connectivity index (χ0n) is 5.42. The highest BCUT2D eigenvalue weighted by atomic mass is 16.5. The van der Waals surface area contributed by atoms with Crippen LogP contribution in [0.3, 0.4) is 0 Å². The number of rotatable bonds is 1. The fourth-order valence-electron chi connectivity index (χ4n) is 0.784. The molecule has 1 saturated heterocycles. The fraction of sp³-hybridized carbons (Fsp3) is 0.800. The van der Waals surface area contributed by atoms with Gasteiger partial charge in [0.25, 0.3) is 0 Å². The van der Waals surface area contributed by atoms with Gasteiger partial charge in [-0.15, -0.1) is 0 Å². The van der Waals surface area contributed by atoms with Gasteiger partial charge in [0.05, 0.1) is 6.10 Å². The minimum atomic E-state index is 0.142. The first-order chi connectivity index (χ1) is 4.24. The Kier molecular flexibility index (Phi) is 1.57. The van der Waals surface area contributed by atoms with Crippen molar-refractivity contribution >= 4 is 5.96 Å². The van der Waals surface area contributed by atoms with E-state index in [1.54, 1.807) is 12.0 Å². The van der Waals surface area contributed by atoms with E-state index in [0.29, 0.717) is 0 Å². The average Bonchev–Trinajstić information content (AvgIpc) is 1.61. The van der Waals surface area contributed by atoms with Crippen LogP contribution in [0.2, 0.25) is 0 Å². The summed E-state index contributed by atoms with van der Waals surface area (Å²) in [5, 5.41) is 6.96. The van der Waals surface area contributed by atoms with Gasteiger partial charge in [0.1, 0.15) is 0 Å². The van der Waals surface area contributed by atoms with Crippen molar-refractivity contribution in [3.63, 3.8) is 0 Å². The molecule has 4 heteroatoms. The van der Waals surface area contributed by atoms with Crippen molar-refractivity contribution < 1.29 is 4.74 Å². The van der Waals surface area contributed by atoms with Crippen molar-refractivity contribution in [2.24, 2.45) is 5.73 Å². The van der Waals surface area contributed by atoms with Gasteiger partial charge in [-0.3, -0.25) is 5.41 Å². The Balaban J connectivity index is 2.19. The molecular formula is C5H11N3O. The maximum Gasteiger partial charge on any atom is 0.188 e. The number of nitrogens with zero attached hydrogens (tertiary/aromatic N) is 1. The molecule has 4 nitrogen and oxygen atoms in total. The summed E-state index contributed by atoms with van der Waals surface area (Å²) in [5.74, 6) is 0.142. The summed E-state index contributed by atoms with van der Waals surface area (Å²) < 4.78 is 4.97. The molecule has 0 aliphatic carbocycles. The maximum atomic E-state index is 6.96. The van der Waals surface area contributed by atoms with Crippen LogP contribution >= 0.6 is 0 Å². The molecule has 0 saturated carbocycles.